The highest BCUT2D eigenvalue weighted by molar-refractivity contribution is 6.07. The standard InChI is InChI=1S/C24H27N5O5/c1-24(13-12-16-8-4-3-5-9-16)22(32)29(23(33)26-24)27-20(30)15-28-14-19(21(31)25-2)34-18-11-7-6-10-17(18)28/h3-11,19H,12-15H2,1-2H3,(H,25,31)(H,26,33)(H,27,30)/t19-,24+/m0/s1. The largest absolute Gasteiger partial charge is 0.477 e. The van der Waals surface area contributed by atoms with Gasteiger partial charge in [-0.1, -0.05) is 42.5 Å². The number of ether oxygens (including phenoxy) is 1. The summed E-state index contributed by atoms with van der Waals surface area (Å²) >= 11 is 0. The third-order valence-electron chi connectivity index (χ3n) is 5.99. The number of carbonyl (C=O) groups excluding carboxylic acids is 4. The minimum atomic E-state index is -1.13. The van der Waals surface area contributed by atoms with Gasteiger partial charge in [0.1, 0.15) is 11.3 Å². The fourth-order valence-corrected chi connectivity index (χ4v) is 4.08. The second kappa shape index (κ2) is 9.42. The summed E-state index contributed by atoms with van der Waals surface area (Å²) in [7, 11) is 1.51. The number of benzene rings is 2. The second-order valence-electron chi connectivity index (χ2n) is 8.49. The predicted molar refractivity (Wildman–Crippen MR) is 124 cm³/mol. The predicted octanol–water partition coefficient (Wildman–Crippen LogP) is 0.975. The molecule has 2 atom stereocenters. The summed E-state index contributed by atoms with van der Waals surface area (Å²) < 4.78 is 5.74. The van der Waals surface area contributed by atoms with Gasteiger partial charge in [0.2, 0.25) is 0 Å². The lowest BCUT2D eigenvalue weighted by Crippen LogP contribution is -2.54. The first kappa shape index (κ1) is 23.1. The van der Waals surface area contributed by atoms with Crippen molar-refractivity contribution in [3.63, 3.8) is 0 Å². The number of aryl methyl sites for hydroxylation is 1. The van der Waals surface area contributed by atoms with E-state index in [1.807, 2.05) is 30.3 Å². The summed E-state index contributed by atoms with van der Waals surface area (Å²) in [4.78, 5) is 52.2. The minimum absolute atomic E-state index is 0.138. The number of urea groups is 1. The maximum atomic E-state index is 13.0. The molecule has 0 aromatic heterocycles. The molecule has 10 nitrogen and oxygen atoms in total. The molecule has 0 unspecified atom stereocenters. The van der Waals surface area contributed by atoms with Gasteiger partial charge in [-0.25, -0.2) is 4.79 Å². The fraction of sp³-hybridized carbons (Fsp3) is 0.333. The minimum Gasteiger partial charge on any atom is -0.477 e. The van der Waals surface area contributed by atoms with Crippen LogP contribution >= 0.6 is 0 Å². The lowest BCUT2D eigenvalue weighted by atomic mass is 9.93. The fourth-order valence-electron chi connectivity index (χ4n) is 4.08. The number of nitrogens with one attached hydrogen (secondary N) is 3. The van der Waals surface area contributed by atoms with E-state index >= 15 is 0 Å². The van der Waals surface area contributed by atoms with Crippen LogP contribution in [0.2, 0.25) is 0 Å². The van der Waals surface area contributed by atoms with Gasteiger partial charge in [0.05, 0.1) is 18.8 Å². The molecule has 2 aliphatic heterocycles. The number of imide groups is 1. The number of para-hydroxylation sites is 2. The molecule has 1 saturated heterocycles. The third-order valence-corrected chi connectivity index (χ3v) is 5.99. The van der Waals surface area contributed by atoms with Crippen LogP contribution in [0.5, 0.6) is 5.75 Å². The van der Waals surface area contributed by atoms with Crippen LogP contribution in [0.15, 0.2) is 54.6 Å². The Labute approximate surface area is 197 Å². The molecule has 0 radical (unpaired) electrons. The topological polar surface area (TPSA) is 120 Å². The van der Waals surface area contributed by atoms with Crippen molar-refractivity contribution in [1.82, 2.24) is 21.1 Å². The Morgan fingerprint density at radius 3 is 2.56 bits per heavy atom. The number of carbonyl (C=O) groups is 4. The number of likely N-dealkylation sites (N-methyl/N-ethyl adjacent to an activating group) is 1. The van der Waals surface area contributed by atoms with Crippen LogP contribution in [-0.2, 0) is 20.8 Å². The van der Waals surface area contributed by atoms with Gasteiger partial charge in [0.25, 0.3) is 17.7 Å². The summed E-state index contributed by atoms with van der Waals surface area (Å²) in [6, 6.07) is 16.0. The molecular formula is C24H27N5O5. The van der Waals surface area contributed by atoms with Crippen molar-refractivity contribution in [2.45, 2.75) is 31.4 Å². The summed E-state index contributed by atoms with van der Waals surface area (Å²) in [6.07, 6.45) is 0.181. The summed E-state index contributed by atoms with van der Waals surface area (Å²) in [5.74, 6) is -0.933. The number of fused-ring (bicyclic) bond motifs is 1. The molecule has 0 bridgehead atoms. The van der Waals surface area contributed by atoms with E-state index in [1.165, 1.54) is 7.05 Å². The first-order chi connectivity index (χ1) is 16.3. The van der Waals surface area contributed by atoms with Gasteiger partial charge in [0, 0.05) is 7.05 Å². The van der Waals surface area contributed by atoms with Gasteiger partial charge in [-0.2, -0.15) is 5.01 Å². The zero-order chi connectivity index (χ0) is 24.3. The van der Waals surface area contributed by atoms with E-state index < -0.39 is 29.5 Å². The van der Waals surface area contributed by atoms with Crippen LogP contribution in [0.3, 0.4) is 0 Å². The van der Waals surface area contributed by atoms with Crippen LogP contribution in [0, 0.1) is 0 Å². The molecule has 2 heterocycles. The van der Waals surface area contributed by atoms with Gasteiger partial charge < -0.3 is 20.3 Å². The van der Waals surface area contributed by atoms with Crippen LogP contribution < -0.4 is 25.7 Å². The Hall–Kier alpha value is -4.08. The van der Waals surface area contributed by atoms with Crippen molar-refractivity contribution in [2.75, 3.05) is 25.0 Å². The average Bonchev–Trinajstić information content (AvgIpc) is 3.06. The number of rotatable bonds is 7. The first-order valence-electron chi connectivity index (χ1n) is 11.0. The van der Waals surface area contributed by atoms with E-state index in [9.17, 15) is 19.2 Å². The van der Waals surface area contributed by atoms with E-state index in [0.29, 0.717) is 24.3 Å². The molecule has 5 amide bonds. The van der Waals surface area contributed by atoms with Crippen molar-refractivity contribution in [1.29, 1.82) is 0 Å². The zero-order valence-corrected chi connectivity index (χ0v) is 19.0. The Morgan fingerprint density at radius 2 is 1.82 bits per heavy atom. The summed E-state index contributed by atoms with van der Waals surface area (Å²) in [6.45, 7) is 1.61. The first-order valence-corrected chi connectivity index (χ1v) is 11.0. The Morgan fingerprint density at radius 1 is 1.12 bits per heavy atom. The molecule has 2 aromatic carbocycles. The number of hydrazine groups is 1. The monoisotopic (exact) mass is 465 g/mol. The van der Waals surface area contributed by atoms with Gasteiger partial charge in [-0.15, -0.1) is 0 Å². The van der Waals surface area contributed by atoms with Crippen molar-refractivity contribution in [2.24, 2.45) is 0 Å². The lowest BCUT2D eigenvalue weighted by molar-refractivity contribution is -0.138. The van der Waals surface area contributed by atoms with E-state index in [4.69, 9.17) is 4.74 Å². The van der Waals surface area contributed by atoms with Crippen molar-refractivity contribution in [3.05, 3.63) is 60.2 Å². The highest BCUT2D eigenvalue weighted by Crippen LogP contribution is 2.33. The molecule has 34 heavy (non-hydrogen) atoms. The van der Waals surface area contributed by atoms with Crippen LogP contribution in [0.1, 0.15) is 18.9 Å². The van der Waals surface area contributed by atoms with Crippen molar-refractivity contribution in [3.8, 4) is 5.75 Å². The highest BCUT2D eigenvalue weighted by Gasteiger charge is 2.48. The van der Waals surface area contributed by atoms with E-state index in [2.05, 4.69) is 16.1 Å². The Kier molecular flexibility index (Phi) is 6.40. The average molecular weight is 466 g/mol. The number of anilines is 1. The normalized spacial score (nSPS) is 21.4. The van der Waals surface area contributed by atoms with Crippen LogP contribution in [0.25, 0.3) is 0 Å². The molecule has 0 aliphatic carbocycles. The van der Waals surface area contributed by atoms with Crippen molar-refractivity contribution >= 4 is 29.4 Å². The number of amides is 5. The molecular weight excluding hydrogens is 438 g/mol. The molecule has 0 saturated carbocycles. The number of hydrogen-bond acceptors (Lipinski definition) is 6. The zero-order valence-electron chi connectivity index (χ0n) is 19.0. The van der Waals surface area contributed by atoms with Gasteiger partial charge in [-0.05, 0) is 37.5 Å². The van der Waals surface area contributed by atoms with Gasteiger partial charge in [-0.3, -0.25) is 19.8 Å². The molecule has 10 heteroatoms. The van der Waals surface area contributed by atoms with E-state index in [0.717, 1.165) is 10.6 Å². The summed E-state index contributed by atoms with van der Waals surface area (Å²) in [5.41, 5.74) is 2.98. The molecule has 178 valence electrons. The molecule has 0 spiro atoms. The SMILES string of the molecule is CNC(=O)[C@@H]1CN(CC(=O)NN2C(=O)N[C@](C)(CCc3ccccc3)C2=O)c2ccccc2O1. The molecule has 2 aliphatic rings. The third kappa shape index (κ3) is 4.66. The molecule has 3 N–H and O–H groups in total. The second-order valence-corrected chi connectivity index (χ2v) is 8.49. The lowest BCUT2D eigenvalue weighted by Gasteiger charge is -2.35. The smallest absolute Gasteiger partial charge is 0.344 e. The number of hydrogen-bond donors (Lipinski definition) is 3. The van der Waals surface area contributed by atoms with Gasteiger partial charge >= 0.3 is 6.03 Å². The quantitative estimate of drug-likeness (QED) is 0.525. The van der Waals surface area contributed by atoms with E-state index in [-0.39, 0.29) is 19.0 Å². The van der Waals surface area contributed by atoms with Crippen molar-refractivity contribution < 1.29 is 23.9 Å². The maximum absolute atomic E-state index is 13.0. The molecule has 2 aromatic rings. The summed E-state index contributed by atoms with van der Waals surface area (Å²) in [5, 5.41) is 5.97. The molecule has 1 fully saturated rings. The highest BCUT2D eigenvalue weighted by atomic mass is 16.5. The maximum Gasteiger partial charge on any atom is 0.344 e. The molecule has 4 rings (SSSR count). The Bertz CT molecular complexity index is 1110. The van der Waals surface area contributed by atoms with Crippen LogP contribution in [-0.4, -0.2) is 60.5 Å². The van der Waals surface area contributed by atoms with Crippen LogP contribution in [0.4, 0.5) is 10.5 Å². The van der Waals surface area contributed by atoms with Gasteiger partial charge in [0.15, 0.2) is 6.10 Å². The van der Waals surface area contributed by atoms with E-state index in [1.54, 1.807) is 36.1 Å². The Balaban J connectivity index is 1.42. The number of nitrogens with zero attached hydrogens (tertiary/aromatic N) is 2.